The van der Waals surface area contributed by atoms with Gasteiger partial charge in [0.1, 0.15) is 28.6 Å². The van der Waals surface area contributed by atoms with Crippen LogP contribution in [-0.4, -0.2) is 39.9 Å². The number of nitrogens with zero attached hydrogens (tertiary/aromatic N) is 2. The van der Waals surface area contributed by atoms with Crippen LogP contribution in [0.5, 0.6) is 5.75 Å². The molecule has 2 amide bonds. The average Bonchev–Trinajstić information content (AvgIpc) is 3.40. The summed E-state index contributed by atoms with van der Waals surface area (Å²) in [4.78, 5) is 28.0. The Morgan fingerprint density at radius 3 is 2.58 bits per heavy atom. The predicted molar refractivity (Wildman–Crippen MR) is 130 cm³/mol. The van der Waals surface area contributed by atoms with Crippen molar-refractivity contribution in [1.29, 1.82) is 0 Å². The molecule has 4 aromatic rings. The number of carbonyl (C=O) groups excluding carboxylic acids is 2. The Bertz CT molecular complexity index is 1590. The molecule has 0 unspecified atom stereocenters. The Morgan fingerprint density at radius 1 is 1.21 bits per heavy atom. The Labute approximate surface area is 212 Å². The van der Waals surface area contributed by atoms with Crippen LogP contribution in [0.25, 0.3) is 22.2 Å². The minimum atomic E-state index is -4.62. The van der Waals surface area contributed by atoms with Gasteiger partial charge in [0.2, 0.25) is 0 Å². The van der Waals surface area contributed by atoms with E-state index >= 15 is 0 Å². The van der Waals surface area contributed by atoms with Crippen LogP contribution >= 0.6 is 0 Å². The van der Waals surface area contributed by atoms with E-state index in [0.717, 1.165) is 6.07 Å². The number of aromatic amines is 1. The summed E-state index contributed by atoms with van der Waals surface area (Å²) in [5.41, 5.74) is 10.3. The third kappa shape index (κ3) is 3.90. The number of fused-ring (bicyclic) bond motifs is 1. The first-order chi connectivity index (χ1) is 18.0. The van der Waals surface area contributed by atoms with Gasteiger partial charge in [-0.3, -0.25) is 9.59 Å². The summed E-state index contributed by atoms with van der Waals surface area (Å²) in [6.07, 6.45) is -3.45. The highest BCUT2D eigenvalue weighted by Crippen LogP contribution is 2.56. The molecular formula is C25H22F4N6O3. The number of hydrogen-bond acceptors (Lipinski definition) is 5. The van der Waals surface area contributed by atoms with Gasteiger partial charge in [-0.15, -0.1) is 0 Å². The predicted octanol–water partition coefficient (Wildman–Crippen LogP) is 3.84. The summed E-state index contributed by atoms with van der Waals surface area (Å²) in [5.74, 6) is -2.44. The van der Waals surface area contributed by atoms with Crippen LogP contribution in [-0.2, 0) is 12.1 Å². The first-order valence-corrected chi connectivity index (χ1v) is 11.4. The SMILES string of the molecule is COc1ccc(F)cc1C(=O)NCc1ccc(-c2nn(C3(C(F)(F)F)CC3)c(N)c2C(N)=O)c2cc[nH]c12. The molecule has 0 bridgehead atoms. The fourth-order valence-electron chi connectivity index (χ4n) is 4.62. The fourth-order valence-corrected chi connectivity index (χ4v) is 4.62. The second kappa shape index (κ2) is 8.78. The van der Waals surface area contributed by atoms with E-state index in [0.29, 0.717) is 26.7 Å². The Hall–Kier alpha value is -4.55. The third-order valence-electron chi connectivity index (χ3n) is 6.73. The van der Waals surface area contributed by atoms with E-state index in [1.54, 1.807) is 24.4 Å². The molecule has 0 radical (unpaired) electrons. The summed E-state index contributed by atoms with van der Waals surface area (Å²) in [7, 11) is 1.36. The van der Waals surface area contributed by atoms with Crippen LogP contribution in [0.3, 0.4) is 0 Å². The van der Waals surface area contributed by atoms with Crippen LogP contribution in [0.4, 0.5) is 23.4 Å². The maximum atomic E-state index is 13.8. The molecule has 38 heavy (non-hydrogen) atoms. The number of primary amides is 1. The van der Waals surface area contributed by atoms with Crippen LogP contribution in [0.15, 0.2) is 42.6 Å². The number of nitrogens with one attached hydrogen (secondary N) is 2. The third-order valence-corrected chi connectivity index (χ3v) is 6.73. The van der Waals surface area contributed by atoms with Gasteiger partial charge in [0, 0.05) is 23.7 Å². The molecule has 0 spiro atoms. The minimum Gasteiger partial charge on any atom is -0.496 e. The summed E-state index contributed by atoms with van der Waals surface area (Å²) in [6.45, 7) is 0.0201. The van der Waals surface area contributed by atoms with Gasteiger partial charge in [-0.05, 0) is 42.7 Å². The van der Waals surface area contributed by atoms with Crippen molar-refractivity contribution < 1.29 is 31.9 Å². The number of H-pyrrole nitrogens is 1. The summed E-state index contributed by atoms with van der Waals surface area (Å²) >= 11 is 0. The Kier molecular flexibility index (Phi) is 5.80. The normalized spacial score (nSPS) is 14.4. The molecule has 13 heteroatoms. The lowest BCUT2D eigenvalue weighted by Gasteiger charge is -2.20. The van der Waals surface area contributed by atoms with Crippen molar-refractivity contribution in [1.82, 2.24) is 20.1 Å². The zero-order chi connectivity index (χ0) is 27.4. The minimum absolute atomic E-state index is 0.0117. The van der Waals surface area contributed by atoms with Gasteiger partial charge in [0.05, 0.1) is 18.2 Å². The van der Waals surface area contributed by atoms with E-state index in [-0.39, 0.29) is 42.0 Å². The molecule has 1 aliphatic carbocycles. The van der Waals surface area contributed by atoms with Gasteiger partial charge in [0.15, 0.2) is 5.54 Å². The molecule has 2 heterocycles. The highest BCUT2D eigenvalue weighted by Gasteiger charge is 2.66. The lowest BCUT2D eigenvalue weighted by atomic mass is 10.00. The highest BCUT2D eigenvalue weighted by atomic mass is 19.4. The molecule has 0 aliphatic heterocycles. The van der Waals surface area contributed by atoms with Crippen LogP contribution < -0.4 is 21.5 Å². The van der Waals surface area contributed by atoms with Crippen LogP contribution in [0.2, 0.25) is 0 Å². The Morgan fingerprint density at radius 2 is 1.95 bits per heavy atom. The van der Waals surface area contributed by atoms with Crippen molar-refractivity contribution in [2.75, 3.05) is 12.8 Å². The molecule has 5 rings (SSSR count). The molecule has 9 nitrogen and oxygen atoms in total. The molecule has 2 aromatic carbocycles. The number of alkyl halides is 3. The zero-order valence-electron chi connectivity index (χ0n) is 19.9. The number of rotatable bonds is 7. The van der Waals surface area contributed by atoms with Crippen LogP contribution in [0.1, 0.15) is 39.1 Å². The number of ether oxygens (including phenoxy) is 1. The summed E-state index contributed by atoms with van der Waals surface area (Å²) in [5, 5.41) is 7.36. The van der Waals surface area contributed by atoms with Crippen molar-refractivity contribution >= 4 is 28.5 Å². The molecular weight excluding hydrogens is 508 g/mol. The Balaban J connectivity index is 1.52. The highest BCUT2D eigenvalue weighted by molar-refractivity contribution is 6.07. The lowest BCUT2D eigenvalue weighted by Crippen LogP contribution is -2.36. The number of nitrogen functional groups attached to an aromatic ring is 1. The van der Waals surface area contributed by atoms with Crippen molar-refractivity contribution in [3.63, 3.8) is 0 Å². The van der Waals surface area contributed by atoms with E-state index in [2.05, 4.69) is 15.4 Å². The molecule has 2 aromatic heterocycles. The number of carbonyl (C=O) groups is 2. The number of amides is 2. The lowest BCUT2D eigenvalue weighted by molar-refractivity contribution is -0.182. The van der Waals surface area contributed by atoms with E-state index in [4.69, 9.17) is 16.2 Å². The standard InChI is InChI=1S/C25H22F4N6O3/c1-38-17-5-3-13(26)10-16(17)23(37)33-11-12-2-4-14(15-6-9-32-19(12)15)20-18(22(31)36)21(30)35(34-20)24(7-8-24)25(27,28)29/h2-6,9-10,32H,7-8,11,30H2,1H3,(H2,31,36)(H,33,37). The second-order valence-corrected chi connectivity index (χ2v) is 8.98. The van der Waals surface area contributed by atoms with Gasteiger partial charge in [-0.2, -0.15) is 18.3 Å². The largest absolute Gasteiger partial charge is 0.496 e. The van der Waals surface area contributed by atoms with E-state index in [1.165, 1.54) is 19.2 Å². The first kappa shape index (κ1) is 25.1. The van der Waals surface area contributed by atoms with Gasteiger partial charge < -0.3 is 26.5 Å². The number of aromatic nitrogens is 3. The number of methoxy groups -OCH3 is 1. The second-order valence-electron chi connectivity index (χ2n) is 8.98. The van der Waals surface area contributed by atoms with Crippen LogP contribution in [0, 0.1) is 5.82 Å². The van der Waals surface area contributed by atoms with Gasteiger partial charge in [0.25, 0.3) is 11.8 Å². The van der Waals surface area contributed by atoms with Gasteiger partial charge in [-0.25, -0.2) is 9.07 Å². The van der Waals surface area contributed by atoms with E-state index in [9.17, 15) is 27.2 Å². The van der Waals surface area contributed by atoms with Crippen molar-refractivity contribution in [3.8, 4) is 17.0 Å². The number of nitrogens with two attached hydrogens (primary N) is 2. The monoisotopic (exact) mass is 530 g/mol. The maximum Gasteiger partial charge on any atom is 0.413 e. The van der Waals surface area contributed by atoms with E-state index in [1.807, 2.05) is 0 Å². The average molecular weight is 530 g/mol. The fraction of sp³-hybridized carbons (Fsp3) is 0.240. The van der Waals surface area contributed by atoms with E-state index < -0.39 is 35.2 Å². The molecule has 1 fully saturated rings. The van der Waals surface area contributed by atoms with Gasteiger partial charge in [-0.1, -0.05) is 12.1 Å². The van der Waals surface area contributed by atoms with Crippen molar-refractivity contribution in [2.24, 2.45) is 5.73 Å². The van der Waals surface area contributed by atoms with Crippen molar-refractivity contribution in [2.45, 2.75) is 31.1 Å². The quantitative estimate of drug-likeness (QED) is 0.269. The first-order valence-electron chi connectivity index (χ1n) is 11.4. The van der Waals surface area contributed by atoms with Gasteiger partial charge >= 0.3 is 6.18 Å². The molecule has 0 atom stereocenters. The smallest absolute Gasteiger partial charge is 0.413 e. The number of hydrogen-bond donors (Lipinski definition) is 4. The summed E-state index contributed by atoms with van der Waals surface area (Å²) < 4.78 is 60.9. The molecule has 0 saturated heterocycles. The zero-order valence-corrected chi connectivity index (χ0v) is 19.9. The molecule has 1 aliphatic rings. The molecule has 1 saturated carbocycles. The number of anilines is 1. The topological polar surface area (TPSA) is 141 Å². The maximum absolute atomic E-state index is 13.8. The summed E-state index contributed by atoms with van der Waals surface area (Å²) in [6, 6.07) is 8.41. The molecule has 6 N–H and O–H groups in total. The molecule has 198 valence electrons. The number of benzene rings is 2. The van der Waals surface area contributed by atoms with Crippen molar-refractivity contribution in [3.05, 3.63) is 65.1 Å². The number of halogens is 4.